The topological polar surface area (TPSA) is 187 Å². The van der Waals surface area contributed by atoms with Gasteiger partial charge in [0.25, 0.3) is 0 Å². The Hall–Kier alpha value is -3.50. The first-order chi connectivity index (χ1) is 31.8. The predicted octanol–water partition coefficient (Wildman–Crippen LogP) is 4.64. The quantitative estimate of drug-likeness (QED) is 0.0877. The maximum absolute atomic E-state index is 12.3. The second-order valence-electron chi connectivity index (χ2n) is 15.4. The van der Waals surface area contributed by atoms with Crippen molar-refractivity contribution in [1.82, 2.24) is 10.6 Å². The molecule has 0 aromatic heterocycles. The molecule has 1 aliphatic rings. The number of amides is 2. The minimum Gasteiger partial charge on any atom is -0.449 e. The molecule has 2 aromatic carbocycles. The fraction of sp³-hybridized carbons (Fsp3) is 0.702. The third-order valence-electron chi connectivity index (χ3n) is 9.09. The fourth-order valence-electron chi connectivity index (χ4n) is 6.07. The average Bonchev–Trinajstić information content (AvgIpc) is 3.61. The summed E-state index contributed by atoms with van der Waals surface area (Å²) < 4.78 is 76.7. The molecule has 0 bridgehead atoms. The molecular formula is C47H76N2O16. The maximum atomic E-state index is 12.3. The van der Waals surface area contributed by atoms with Crippen molar-refractivity contribution in [1.29, 1.82) is 0 Å². The van der Waals surface area contributed by atoms with Gasteiger partial charge in [0.1, 0.15) is 12.2 Å². The van der Waals surface area contributed by atoms with E-state index in [1.807, 2.05) is 45.0 Å². The van der Waals surface area contributed by atoms with Gasteiger partial charge in [-0.3, -0.25) is 0 Å². The van der Waals surface area contributed by atoms with Crippen molar-refractivity contribution in [2.24, 2.45) is 0 Å². The molecule has 0 unspecified atom stereocenters. The van der Waals surface area contributed by atoms with Crippen LogP contribution in [0.3, 0.4) is 0 Å². The lowest BCUT2D eigenvalue weighted by molar-refractivity contribution is -0.0283. The molecule has 18 heteroatoms. The van der Waals surface area contributed by atoms with Crippen LogP contribution < -0.4 is 10.6 Å². The zero-order chi connectivity index (χ0) is 46.3. The molecule has 1 aliphatic carbocycles. The van der Waals surface area contributed by atoms with Crippen LogP contribution in [0.1, 0.15) is 44.2 Å². The van der Waals surface area contributed by atoms with E-state index in [0.717, 1.165) is 0 Å². The summed E-state index contributed by atoms with van der Waals surface area (Å²) in [6, 6.07) is 16.6. The maximum Gasteiger partial charge on any atom is 0.407 e. The Balaban J connectivity index is 0.910. The van der Waals surface area contributed by atoms with Crippen LogP contribution >= 0.6 is 0 Å². The van der Waals surface area contributed by atoms with E-state index in [-0.39, 0.29) is 5.92 Å². The number of benzene rings is 2. The molecule has 0 saturated carbocycles. The third kappa shape index (κ3) is 29.0. The standard InChI is InChI=1S/C47H76N2O16/c1-47(2,3)65-46(51)49-14-16-53-18-20-55-22-24-57-26-28-59-30-32-61-34-36-63-38-37-62-35-33-60-31-29-58-27-25-56-23-21-54-19-17-52-15-8-13-48-45(50)64-39-44-42-11-6-4-9-40(42)41-10-5-7-12-43(41)44/h4-7,9-12,44H,8,13-39H2,1-3H3,(H,48,50)(H,49,51). The number of hydrogen-bond donors (Lipinski definition) is 2. The van der Waals surface area contributed by atoms with Crippen molar-refractivity contribution < 1.29 is 75.9 Å². The summed E-state index contributed by atoms with van der Waals surface area (Å²) in [5.41, 5.74) is 4.27. The highest BCUT2D eigenvalue weighted by Crippen LogP contribution is 2.44. The monoisotopic (exact) mass is 925 g/mol. The second-order valence-corrected chi connectivity index (χ2v) is 15.4. The van der Waals surface area contributed by atoms with Gasteiger partial charge in [-0.25, -0.2) is 9.59 Å². The van der Waals surface area contributed by atoms with Gasteiger partial charge in [0, 0.05) is 25.6 Å². The van der Waals surface area contributed by atoms with Crippen molar-refractivity contribution in [3.63, 3.8) is 0 Å². The van der Waals surface area contributed by atoms with Crippen LogP contribution in [0.4, 0.5) is 9.59 Å². The van der Waals surface area contributed by atoms with Crippen LogP contribution in [-0.2, 0) is 66.3 Å². The highest BCUT2D eigenvalue weighted by atomic mass is 16.6. The van der Waals surface area contributed by atoms with Gasteiger partial charge in [-0.15, -0.1) is 0 Å². The van der Waals surface area contributed by atoms with Crippen molar-refractivity contribution in [2.75, 3.05) is 178 Å². The van der Waals surface area contributed by atoms with Gasteiger partial charge in [0.2, 0.25) is 0 Å². The number of fused-ring (bicyclic) bond motifs is 3. The van der Waals surface area contributed by atoms with Crippen molar-refractivity contribution in [2.45, 2.75) is 38.7 Å². The van der Waals surface area contributed by atoms with Gasteiger partial charge in [-0.05, 0) is 49.4 Å². The zero-order valence-electron chi connectivity index (χ0n) is 39.0. The van der Waals surface area contributed by atoms with Gasteiger partial charge in [0.05, 0.1) is 152 Å². The van der Waals surface area contributed by atoms with Gasteiger partial charge >= 0.3 is 12.2 Å². The lowest BCUT2D eigenvalue weighted by Gasteiger charge is -2.19. The van der Waals surface area contributed by atoms with Crippen LogP contribution in [0.15, 0.2) is 48.5 Å². The summed E-state index contributed by atoms with van der Waals surface area (Å²) in [5.74, 6) is 0.0439. The molecule has 0 atom stereocenters. The van der Waals surface area contributed by atoms with Gasteiger partial charge in [0.15, 0.2) is 0 Å². The molecule has 0 heterocycles. The van der Waals surface area contributed by atoms with E-state index in [1.165, 1.54) is 22.3 Å². The molecule has 0 spiro atoms. The smallest absolute Gasteiger partial charge is 0.407 e. The Morgan fingerprint density at radius 1 is 0.415 bits per heavy atom. The molecule has 0 fully saturated rings. The molecular weight excluding hydrogens is 849 g/mol. The largest absolute Gasteiger partial charge is 0.449 e. The Kier molecular flexibility index (Phi) is 32.3. The molecule has 0 radical (unpaired) electrons. The Labute approximate surface area is 385 Å². The molecule has 3 rings (SSSR count). The summed E-state index contributed by atoms with van der Waals surface area (Å²) in [5, 5.41) is 5.44. The average molecular weight is 925 g/mol. The summed E-state index contributed by atoms with van der Waals surface area (Å²) in [4.78, 5) is 23.8. The summed E-state index contributed by atoms with van der Waals surface area (Å²) in [7, 11) is 0. The lowest BCUT2D eigenvalue weighted by Crippen LogP contribution is -2.34. The van der Waals surface area contributed by atoms with Crippen LogP contribution in [0, 0.1) is 0 Å². The van der Waals surface area contributed by atoms with Crippen LogP contribution in [-0.4, -0.2) is 196 Å². The van der Waals surface area contributed by atoms with Gasteiger partial charge in [-0.2, -0.15) is 0 Å². The number of ether oxygens (including phenoxy) is 14. The first kappa shape index (κ1) is 55.8. The molecule has 370 valence electrons. The van der Waals surface area contributed by atoms with Crippen molar-refractivity contribution in [3.8, 4) is 11.1 Å². The zero-order valence-corrected chi connectivity index (χ0v) is 39.0. The van der Waals surface area contributed by atoms with E-state index in [1.54, 1.807) is 0 Å². The van der Waals surface area contributed by atoms with E-state index in [9.17, 15) is 9.59 Å². The number of hydrogen-bond acceptors (Lipinski definition) is 16. The van der Waals surface area contributed by atoms with Crippen LogP contribution in [0.2, 0.25) is 0 Å². The number of nitrogens with one attached hydrogen (secondary N) is 2. The van der Waals surface area contributed by atoms with E-state index < -0.39 is 17.8 Å². The molecule has 65 heavy (non-hydrogen) atoms. The SMILES string of the molecule is CC(C)(C)OC(=O)NCCOCCOCCOCCOCCOCCOCCOCCOCCOCCOCCOCCOCCCNC(=O)OCC1c2ccccc2-c2ccccc21. The minimum atomic E-state index is -0.519. The lowest BCUT2D eigenvalue weighted by atomic mass is 9.98. The van der Waals surface area contributed by atoms with E-state index in [4.69, 9.17) is 66.3 Å². The summed E-state index contributed by atoms with van der Waals surface area (Å²) in [6.07, 6.45) is -0.198. The Morgan fingerprint density at radius 2 is 0.723 bits per heavy atom. The number of carbonyl (C=O) groups is 2. The van der Waals surface area contributed by atoms with E-state index in [2.05, 4.69) is 34.9 Å². The number of alkyl carbamates (subject to hydrolysis) is 2. The first-order valence-corrected chi connectivity index (χ1v) is 22.8. The van der Waals surface area contributed by atoms with Gasteiger partial charge in [-0.1, -0.05) is 48.5 Å². The number of carbonyl (C=O) groups excluding carboxylic acids is 2. The Bertz CT molecular complexity index is 1440. The molecule has 0 saturated heterocycles. The van der Waals surface area contributed by atoms with Crippen molar-refractivity contribution >= 4 is 12.2 Å². The predicted molar refractivity (Wildman–Crippen MR) is 242 cm³/mol. The van der Waals surface area contributed by atoms with Crippen molar-refractivity contribution in [3.05, 3.63) is 59.7 Å². The van der Waals surface area contributed by atoms with Crippen LogP contribution in [0.5, 0.6) is 0 Å². The summed E-state index contributed by atoms with van der Waals surface area (Å²) >= 11 is 0. The molecule has 2 amide bonds. The molecule has 18 nitrogen and oxygen atoms in total. The number of rotatable bonds is 42. The third-order valence-corrected chi connectivity index (χ3v) is 9.09. The molecule has 0 aliphatic heterocycles. The van der Waals surface area contributed by atoms with E-state index >= 15 is 0 Å². The second kappa shape index (κ2) is 37.6. The normalized spacial score (nSPS) is 12.3. The molecule has 2 N–H and O–H groups in total. The summed E-state index contributed by atoms with van der Waals surface area (Å²) in [6.45, 7) is 17.9. The molecule has 2 aromatic rings. The first-order valence-electron chi connectivity index (χ1n) is 22.8. The minimum absolute atomic E-state index is 0.0439. The fourth-order valence-corrected chi connectivity index (χ4v) is 6.07. The van der Waals surface area contributed by atoms with Gasteiger partial charge < -0.3 is 76.9 Å². The Morgan fingerprint density at radius 3 is 1.08 bits per heavy atom. The highest BCUT2D eigenvalue weighted by Gasteiger charge is 2.29. The van der Waals surface area contributed by atoms with Crippen LogP contribution in [0.25, 0.3) is 11.1 Å². The highest BCUT2D eigenvalue weighted by molar-refractivity contribution is 5.79. The van der Waals surface area contributed by atoms with E-state index in [0.29, 0.717) is 185 Å².